The smallest absolute Gasteiger partial charge is 0.417 e. The lowest BCUT2D eigenvalue weighted by atomic mass is 10.2. The molecule has 2 aromatic carbocycles. The Labute approximate surface area is 152 Å². The second-order valence-electron chi connectivity index (χ2n) is 4.74. The Bertz CT molecular complexity index is 720. The molecular formula is C16H13ClF3NOS2. The molecule has 0 bridgehead atoms. The minimum absolute atomic E-state index is 0.249. The molecule has 0 aliphatic heterocycles. The van der Waals surface area contributed by atoms with E-state index in [9.17, 15) is 13.2 Å². The zero-order valence-corrected chi connectivity index (χ0v) is 14.9. The summed E-state index contributed by atoms with van der Waals surface area (Å²) in [6.07, 6.45) is -4.51. The summed E-state index contributed by atoms with van der Waals surface area (Å²) in [4.78, 5) is 0. The third kappa shape index (κ3) is 5.29. The molecule has 0 aliphatic rings. The van der Waals surface area contributed by atoms with Crippen molar-refractivity contribution in [3.63, 3.8) is 0 Å². The summed E-state index contributed by atoms with van der Waals surface area (Å²) < 4.78 is 44.0. The molecule has 2 rings (SSSR count). The van der Waals surface area contributed by atoms with Gasteiger partial charge in [-0.3, -0.25) is 0 Å². The minimum Gasteiger partial charge on any atom is -0.497 e. The van der Waals surface area contributed by atoms with Gasteiger partial charge in [-0.05, 0) is 35.9 Å². The van der Waals surface area contributed by atoms with Crippen molar-refractivity contribution in [2.24, 2.45) is 0 Å². The highest BCUT2D eigenvalue weighted by atomic mass is 35.5. The van der Waals surface area contributed by atoms with E-state index in [0.29, 0.717) is 10.1 Å². The lowest BCUT2D eigenvalue weighted by molar-refractivity contribution is -0.137. The Morgan fingerprint density at radius 2 is 1.88 bits per heavy atom. The van der Waals surface area contributed by atoms with E-state index in [1.807, 2.05) is 24.3 Å². The van der Waals surface area contributed by atoms with Gasteiger partial charge in [0.25, 0.3) is 0 Å². The molecule has 0 fully saturated rings. The fraction of sp³-hybridized carbons (Fsp3) is 0.188. The van der Waals surface area contributed by atoms with Crippen molar-refractivity contribution in [1.82, 2.24) is 0 Å². The average Bonchev–Trinajstić information content (AvgIpc) is 2.54. The van der Waals surface area contributed by atoms with Gasteiger partial charge in [0.05, 0.1) is 17.7 Å². The van der Waals surface area contributed by atoms with E-state index in [1.165, 1.54) is 23.9 Å². The van der Waals surface area contributed by atoms with Crippen molar-refractivity contribution in [3.05, 3.63) is 58.6 Å². The van der Waals surface area contributed by atoms with Crippen LogP contribution in [0, 0.1) is 0 Å². The number of anilines is 1. The zero-order chi connectivity index (χ0) is 17.7. The molecule has 0 saturated heterocycles. The molecule has 2 nitrogen and oxygen atoms in total. The molecule has 0 unspecified atom stereocenters. The van der Waals surface area contributed by atoms with Gasteiger partial charge in [-0.25, -0.2) is 0 Å². The molecule has 0 radical (unpaired) electrons. The second-order valence-corrected chi connectivity index (χ2v) is 6.80. The van der Waals surface area contributed by atoms with Gasteiger partial charge >= 0.3 is 6.18 Å². The topological polar surface area (TPSA) is 21.3 Å². The van der Waals surface area contributed by atoms with Gasteiger partial charge in [-0.2, -0.15) is 13.2 Å². The van der Waals surface area contributed by atoms with Gasteiger partial charge in [0.15, 0.2) is 0 Å². The summed E-state index contributed by atoms with van der Waals surface area (Å²) in [5.41, 5.74) is 0.383. The van der Waals surface area contributed by atoms with Gasteiger partial charge in [0, 0.05) is 11.4 Å². The molecule has 0 atom stereocenters. The number of nitrogens with one attached hydrogen (secondary N) is 1. The Morgan fingerprint density at radius 1 is 1.21 bits per heavy atom. The van der Waals surface area contributed by atoms with Crippen LogP contribution in [0.2, 0.25) is 5.02 Å². The highest BCUT2D eigenvalue weighted by Gasteiger charge is 2.33. The van der Waals surface area contributed by atoms with Gasteiger partial charge in [0.2, 0.25) is 0 Å². The number of ether oxygens (including phenoxy) is 1. The van der Waals surface area contributed by atoms with Gasteiger partial charge in [-0.1, -0.05) is 47.7 Å². The quantitative estimate of drug-likeness (QED) is 0.645. The number of thiocarbonyl (C=S) groups is 1. The molecule has 0 saturated carbocycles. The summed E-state index contributed by atoms with van der Waals surface area (Å²) in [6, 6.07) is 11.1. The summed E-state index contributed by atoms with van der Waals surface area (Å²) in [7, 11) is 1.59. The van der Waals surface area contributed by atoms with Crippen LogP contribution in [0.1, 0.15) is 11.1 Å². The van der Waals surface area contributed by atoms with E-state index >= 15 is 0 Å². The molecule has 1 N–H and O–H groups in total. The van der Waals surface area contributed by atoms with Crippen LogP contribution in [0.3, 0.4) is 0 Å². The summed E-state index contributed by atoms with van der Waals surface area (Å²) >= 11 is 12.1. The second kappa shape index (κ2) is 8.09. The standard InChI is InChI=1S/C16H13ClF3NOS2/c1-22-12-5-2-10(3-6-12)9-24-15(23)21-11-4-7-14(17)13(8-11)16(18,19)20/h2-8H,9H2,1H3,(H,21,23). The number of benzene rings is 2. The highest BCUT2D eigenvalue weighted by molar-refractivity contribution is 8.22. The van der Waals surface area contributed by atoms with Crippen molar-refractivity contribution < 1.29 is 17.9 Å². The average molecular weight is 392 g/mol. The van der Waals surface area contributed by atoms with E-state index in [2.05, 4.69) is 5.32 Å². The monoisotopic (exact) mass is 391 g/mol. The summed E-state index contributed by atoms with van der Waals surface area (Å²) in [5, 5.41) is 2.44. The van der Waals surface area contributed by atoms with Crippen molar-refractivity contribution in [1.29, 1.82) is 0 Å². The Balaban J connectivity index is 1.97. The third-order valence-corrected chi connectivity index (χ3v) is 4.67. The van der Waals surface area contributed by atoms with Crippen molar-refractivity contribution in [2.75, 3.05) is 12.4 Å². The minimum atomic E-state index is -4.51. The number of halogens is 4. The maximum Gasteiger partial charge on any atom is 0.417 e. The van der Waals surface area contributed by atoms with Crippen LogP contribution in [-0.2, 0) is 11.9 Å². The van der Waals surface area contributed by atoms with Crippen LogP contribution < -0.4 is 10.1 Å². The molecule has 24 heavy (non-hydrogen) atoms. The first-order valence-corrected chi connectivity index (χ1v) is 8.50. The first-order valence-electron chi connectivity index (χ1n) is 6.73. The molecular weight excluding hydrogens is 379 g/mol. The maximum absolute atomic E-state index is 12.8. The van der Waals surface area contributed by atoms with Crippen molar-refractivity contribution in [2.45, 2.75) is 11.9 Å². The van der Waals surface area contributed by atoms with E-state index in [0.717, 1.165) is 17.4 Å². The molecule has 2 aromatic rings. The van der Waals surface area contributed by atoms with Gasteiger partial charge in [0.1, 0.15) is 10.1 Å². The highest BCUT2D eigenvalue weighted by Crippen LogP contribution is 2.36. The lowest BCUT2D eigenvalue weighted by Gasteiger charge is -2.12. The van der Waals surface area contributed by atoms with E-state index in [1.54, 1.807) is 7.11 Å². The van der Waals surface area contributed by atoms with Crippen LogP contribution in [0.5, 0.6) is 5.75 Å². The predicted octanol–water partition coefficient (Wildman–Crippen LogP) is 6.00. The first-order chi connectivity index (χ1) is 11.3. The number of hydrogen-bond acceptors (Lipinski definition) is 3. The Morgan fingerprint density at radius 3 is 2.46 bits per heavy atom. The van der Waals surface area contributed by atoms with Crippen LogP contribution in [-0.4, -0.2) is 11.4 Å². The molecule has 0 spiro atoms. The Kier molecular flexibility index (Phi) is 6.37. The van der Waals surface area contributed by atoms with Crippen LogP contribution in [0.15, 0.2) is 42.5 Å². The number of rotatable bonds is 4. The molecule has 0 heterocycles. The van der Waals surface area contributed by atoms with E-state index in [-0.39, 0.29) is 10.7 Å². The van der Waals surface area contributed by atoms with Crippen molar-refractivity contribution >= 4 is 45.6 Å². The largest absolute Gasteiger partial charge is 0.497 e. The summed E-state index contributed by atoms with van der Waals surface area (Å²) in [6.45, 7) is 0. The number of hydrogen-bond donors (Lipinski definition) is 1. The molecule has 8 heteroatoms. The van der Waals surface area contributed by atoms with Crippen LogP contribution in [0.25, 0.3) is 0 Å². The molecule has 0 amide bonds. The third-order valence-electron chi connectivity index (χ3n) is 3.05. The predicted molar refractivity (Wildman–Crippen MR) is 97.0 cm³/mol. The lowest BCUT2D eigenvalue weighted by Crippen LogP contribution is -2.09. The summed E-state index contributed by atoms with van der Waals surface area (Å²) in [5.74, 6) is 1.35. The van der Waals surface area contributed by atoms with E-state index in [4.69, 9.17) is 28.6 Å². The van der Waals surface area contributed by atoms with Gasteiger partial charge < -0.3 is 10.1 Å². The normalized spacial score (nSPS) is 11.2. The number of alkyl halides is 3. The van der Waals surface area contributed by atoms with Gasteiger partial charge in [-0.15, -0.1) is 0 Å². The maximum atomic E-state index is 12.8. The van der Waals surface area contributed by atoms with Crippen molar-refractivity contribution in [3.8, 4) is 5.75 Å². The molecule has 128 valence electrons. The number of methoxy groups -OCH3 is 1. The molecule has 0 aromatic heterocycles. The van der Waals surface area contributed by atoms with Crippen LogP contribution in [0.4, 0.5) is 18.9 Å². The zero-order valence-electron chi connectivity index (χ0n) is 12.5. The number of thioether (sulfide) groups is 1. The van der Waals surface area contributed by atoms with Crippen LogP contribution >= 0.6 is 35.6 Å². The first kappa shape index (κ1) is 18.9. The molecule has 0 aliphatic carbocycles. The fourth-order valence-electron chi connectivity index (χ4n) is 1.84. The Hall–Kier alpha value is -1.44. The SMILES string of the molecule is COc1ccc(CSC(=S)Nc2ccc(Cl)c(C(F)(F)F)c2)cc1. The van der Waals surface area contributed by atoms with E-state index < -0.39 is 11.7 Å². The fourth-order valence-corrected chi connectivity index (χ4v) is 3.04.